The fraction of sp³-hybridized carbons (Fsp3) is 0.833. The van der Waals surface area contributed by atoms with E-state index in [0.717, 1.165) is 0 Å². The highest BCUT2D eigenvalue weighted by atomic mass is 32.2. The van der Waals surface area contributed by atoms with E-state index in [-0.39, 0.29) is 17.5 Å². The number of rotatable bonds is 1. The fourth-order valence-corrected chi connectivity index (χ4v) is 2.38. The lowest BCUT2D eigenvalue weighted by Crippen LogP contribution is -2.55. The summed E-state index contributed by atoms with van der Waals surface area (Å²) in [5.41, 5.74) is 0. The number of hydrogen-bond acceptors (Lipinski definition) is 3. The molecule has 6 heteroatoms. The summed E-state index contributed by atoms with van der Waals surface area (Å²) < 4.78 is 21.5. The molecule has 0 saturated carbocycles. The van der Waals surface area contributed by atoms with Crippen molar-refractivity contribution in [2.75, 3.05) is 25.6 Å². The van der Waals surface area contributed by atoms with Gasteiger partial charge in [0.2, 0.25) is 0 Å². The lowest BCUT2D eigenvalue weighted by molar-refractivity contribution is 0.549. The van der Waals surface area contributed by atoms with Gasteiger partial charge in [-0.25, -0.2) is 8.42 Å². The average Bonchev–Trinajstić information content (AvgIpc) is 1.96. The van der Waals surface area contributed by atoms with Gasteiger partial charge in [0, 0.05) is 14.1 Å². The highest BCUT2D eigenvalue weighted by molar-refractivity contribution is 7.92. The molecule has 1 heterocycles. The minimum Gasteiger partial charge on any atom is -0.359 e. The molecular weight excluding hydrogens is 178 g/mol. The summed E-state index contributed by atoms with van der Waals surface area (Å²) in [6.45, 7) is 0. The molecule has 0 radical (unpaired) electrons. The molecule has 2 N–H and O–H groups in total. The Morgan fingerprint density at radius 1 is 1.50 bits per heavy atom. The molecule has 0 aromatic heterocycles. The topological polar surface area (TPSA) is 70.6 Å². The molecule has 1 rings (SSSR count). The second kappa shape index (κ2) is 3.30. The summed E-state index contributed by atoms with van der Waals surface area (Å²) in [6.07, 6.45) is 0. The third kappa shape index (κ3) is 2.10. The van der Waals surface area contributed by atoms with Crippen LogP contribution in [-0.2, 0) is 9.84 Å². The van der Waals surface area contributed by atoms with Gasteiger partial charge in [-0.2, -0.15) is 0 Å². The molecule has 1 fully saturated rings. The van der Waals surface area contributed by atoms with Crippen LogP contribution in [0.5, 0.6) is 0 Å². The van der Waals surface area contributed by atoms with E-state index in [1.165, 1.54) is 0 Å². The molecular formula is C6H13N3O2S. The molecule has 0 aliphatic carbocycles. The predicted molar refractivity (Wildman–Crippen MR) is 48.0 cm³/mol. The van der Waals surface area contributed by atoms with Crippen LogP contribution in [0.4, 0.5) is 0 Å². The van der Waals surface area contributed by atoms with Gasteiger partial charge < -0.3 is 10.6 Å². The van der Waals surface area contributed by atoms with E-state index in [1.54, 1.807) is 14.1 Å². The molecule has 70 valence electrons. The quantitative estimate of drug-likeness (QED) is 0.394. The van der Waals surface area contributed by atoms with E-state index in [0.29, 0.717) is 5.96 Å². The molecule has 0 aromatic carbocycles. The Labute approximate surface area is 72.2 Å². The minimum absolute atomic E-state index is 0.0288. The van der Waals surface area contributed by atoms with Crippen molar-refractivity contribution < 1.29 is 8.42 Å². The smallest absolute Gasteiger partial charge is 0.190 e. The zero-order valence-corrected chi connectivity index (χ0v) is 7.98. The number of guanidine groups is 1. The lowest BCUT2D eigenvalue weighted by Gasteiger charge is -2.27. The summed E-state index contributed by atoms with van der Waals surface area (Å²) in [4.78, 5) is 3.88. The van der Waals surface area contributed by atoms with Crippen LogP contribution >= 0.6 is 0 Å². The lowest BCUT2D eigenvalue weighted by atomic mass is 10.4. The number of hydrogen-bond donors (Lipinski definition) is 2. The van der Waals surface area contributed by atoms with Crippen molar-refractivity contribution in [3.05, 3.63) is 0 Å². The van der Waals surface area contributed by atoms with Crippen LogP contribution in [0.1, 0.15) is 0 Å². The number of nitrogens with one attached hydrogen (secondary N) is 2. The Balaban J connectivity index is 2.37. The van der Waals surface area contributed by atoms with Gasteiger partial charge in [-0.15, -0.1) is 0 Å². The van der Waals surface area contributed by atoms with Crippen LogP contribution in [-0.4, -0.2) is 46.0 Å². The van der Waals surface area contributed by atoms with Crippen LogP contribution < -0.4 is 10.6 Å². The first-order valence-corrected chi connectivity index (χ1v) is 5.51. The largest absolute Gasteiger partial charge is 0.359 e. The number of sulfone groups is 1. The maximum Gasteiger partial charge on any atom is 0.190 e. The van der Waals surface area contributed by atoms with Gasteiger partial charge in [-0.05, 0) is 0 Å². The van der Waals surface area contributed by atoms with Gasteiger partial charge >= 0.3 is 0 Å². The third-order valence-electron chi connectivity index (χ3n) is 1.71. The van der Waals surface area contributed by atoms with E-state index in [9.17, 15) is 8.42 Å². The Kier molecular flexibility index (Phi) is 2.56. The second-order valence-electron chi connectivity index (χ2n) is 2.74. The molecule has 12 heavy (non-hydrogen) atoms. The molecule has 0 unspecified atom stereocenters. The average molecular weight is 191 g/mol. The summed E-state index contributed by atoms with van der Waals surface area (Å²) in [6, 6.07) is 0.0288. The van der Waals surface area contributed by atoms with E-state index < -0.39 is 9.84 Å². The van der Waals surface area contributed by atoms with Gasteiger partial charge in [0.25, 0.3) is 0 Å². The van der Waals surface area contributed by atoms with E-state index in [1.807, 2.05) is 0 Å². The van der Waals surface area contributed by atoms with Gasteiger partial charge in [0.15, 0.2) is 15.8 Å². The van der Waals surface area contributed by atoms with Gasteiger partial charge in [-0.1, -0.05) is 0 Å². The van der Waals surface area contributed by atoms with Crippen LogP contribution in [0, 0.1) is 0 Å². The van der Waals surface area contributed by atoms with Crippen molar-refractivity contribution >= 4 is 15.8 Å². The zero-order valence-electron chi connectivity index (χ0n) is 7.16. The van der Waals surface area contributed by atoms with E-state index in [4.69, 9.17) is 0 Å². The number of aliphatic imine (C=N–C) groups is 1. The predicted octanol–water partition coefficient (Wildman–Crippen LogP) is -1.42. The molecule has 1 aliphatic rings. The van der Waals surface area contributed by atoms with Gasteiger partial charge in [-0.3, -0.25) is 4.99 Å². The Bertz CT molecular complexity index is 271. The summed E-state index contributed by atoms with van der Waals surface area (Å²) in [7, 11) is 0.645. The number of nitrogens with zero attached hydrogens (tertiary/aromatic N) is 1. The summed E-state index contributed by atoms with van der Waals surface area (Å²) in [5, 5.41) is 5.79. The minimum atomic E-state index is -2.74. The fourth-order valence-electron chi connectivity index (χ4n) is 1.09. The Morgan fingerprint density at radius 3 is 2.42 bits per heavy atom. The maximum absolute atomic E-state index is 10.8. The van der Waals surface area contributed by atoms with Crippen molar-refractivity contribution in [2.24, 2.45) is 4.99 Å². The first-order valence-electron chi connectivity index (χ1n) is 3.69. The molecule has 0 spiro atoms. The summed E-state index contributed by atoms with van der Waals surface area (Å²) >= 11 is 0. The maximum atomic E-state index is 10.8. The van der Waals surface area contributed by atoms with E-state index in [2.05, 4.69) is 15.6 Å². The Hall–Kier alpha value is -0.780. The molecule has 0 atom stereocenters. The van der Waals surface area contributed by atoms with Crippen molar-refractivity contribution in [3.8, 4) is 0 Å². The molecule has 0 bridgehead atoms. The molecule has 0 amide bonds. The second-order valence-corrected chi connectivity index (χ2v) is 4.89. The first-order chi connectivity index (χ1) is 5.57. The normalized spacial score (nSPS) is 23.0. The molecule has 1 aliphatic heterocycles. The van der Waals surface area contributed by atoms with Crippen LogP contribution in [0.2, 0.25) is 0 Å². The van der Waals surface area contributed by atoms with Crippen LogP contribution in [0.3, 0.4) is 0 Å². The Morgan fingerprint density at radius 2 is 2.08 bits per heavy atom. The molecule has 5 nitrogen and oxygen atoms in total. The van der Waals surface area contributed by atoms with Crippen LogP contribution in [0.15, 0.2) is 4.99 Å². The first kappa shape index (κ1) is 9.31. The van der Waals surface area contributed by atoms with Crippen molar-refractivity contribution in [1.29, 1.82) is 0 Å². The third-order valence-corrected chi connectivity index (χ3v) is 3.53. The summed E-state index contributed by atoms with van der Waals surface area (Å²) in [5.74, 6) is 1.07. The van der Waals surface area contributed by atoms with Crippen molar-refractivity contribution in [2.45, 2.75) is 6.04 Å². The molecule has 1 saturated heterocycles. The highest BCUT2D eigenvalue weighted by Gasteiger charge is 2.33. The molecule has 0 aromatic rings. The monoisotopic (exact) mass is 191 g/mol. The van der Waals surface area contributed by atoms with E-state index >= 15 is 0 Å². The standard InChI is InChI=1S/C6H13N3O2S/c1-7-6(8-2)9-5-3-12(10,11)4-5/h5H,3-4H2,1-2H3,(H2,7,8,9). The van der Waals surface area contributed by atoms with Gasteiger partial charge in [0.1, 0.15) is 0 Å². The highest BCUT2D eigenvalue weighted by Crippen LogP contribution is 2.09. The van der Waals surface area contributed by atoms with Crippen molar-refractivity contribution in [1.82, 2.24) is 10.6 Å². The van der Waals surface area contributed by atoms with Gasteiger partial charge in [0.05, 0.1) is 17.5 Å². The zero-order chi connectivity index (χ0) is 9.19. The van der Waals surface area contributed by atoms with Crippen LogP contribution in [0.25, 0.3) is 0 Å². The van der Waals surface area contributed by atoms with Crippen molar-refractivity contribution in [3.63, 3.8) is 0 Å². The SMILES string of the molecule is CN=C(NC)NC1CS(=O)(=O)C1.